The van der Waals surface area contributed by atoms with Gasteiger partial charge in [0.05, 0.1) is 5.69 Å². The molecule has 0 aliphatic heterocycles. The summed E-state index contributed by atoms with van der Waals surface area (Å²) in [7, 11) is 0. The molecule has 0 atom stereocenters. The number of thiazole rings is 1. The summed E-state index contributed by atoms with van der Waals surface area (Å²) in [5.41, 5.74) is 3.19. The van der Waals surface area contributed by atoms with Crippen LogP contribution < -0.4 is 5.32 Å². The van der Waals surface area contributed by atoms with Crippen LogP contribution in [0.1, 0.15) is 20.9 Å². The van der Waals surface area contributed by atoms with Gasteiger partial charge in [-0.1, -0.05) is 30.3 Å². The molecule has 0 radical (unpaired) electrons. The second-order valence-electron chi connectivity index (χ2n) is 5.24. The number of carbonyl (C=O) groups is 1. The van der Waals surface area contributed by atoms with Crippen molar-refractivity contribution in [3.05, 3.63) is 63.3 Å². The number of aromatic nitrogens is 1. The smallest absolute Gasteiger partial charge is 0.263 e. The minimum atomic E-state index is -0.0247. The van der Waals surface area contributed by atoms with Crippen LogP contribution in [0, 0.1) is 6.92 Å². The van der Waals surface area contributed by atoms with Gasteiger partial charge in [0.25, 0.3) is 5.91 Å². The van der Waals surface area contributed by atoms with E-state index in [9.17, 15) is 4.79 Å². The van der Waals surface area contributed by atoms with Gasteiger partial charge in [-0.2, -0.15) is 23.1 Å². The number of nitrogens with zero attached hydrogens (tertiary/aromatic N) is 1. The fourth-order valence-electron chi connectivity index (χ4n) is 2.19. The quantitative estimate of drug-likeness (QED) is 0.602. The van der Waals surface area contributed by atoms with E-state index >= 15 is 0 Å². The van der Waals surface area contributed by atoms with E-state index in [1.54, 1.807) is 11.3 Å². The Bertz CT molecular complexity index is 782. The normalized spacial score (nSPS) is 10.7. The van der Waals surface area contributed by atoms with E-state index < -0.39 is 0 Å². The van der Waals surface area contributed by atoms with Gasteiger partial charge in [0.1, 0.15) is 9.88 Å². The largest absolute Gasteiger partial charge is 0.350 e. The summed E-state index contributed by atoms with van der Waals surface area (Å²) in [6, 6.07) is 12.1. The molecule has 3 nitrogen and oxygen atoms in total. The Morgan fingerprint density at radius 2 is 2.08 bits per heavy atom. The maximum absolute atomic E-state index is 12.4. The van der Waals surface area contributed by atoms with Crippen molar-refractivity contribution in [2.75, 3.05) is 12.3 Å². The molecule has 24 heavy (non-hydrogen) atoms. The monoisotopic (exact) mass is 374 g/mol. The molecule has 3 aromatic rings. The van der Waals surface area contributed by atoms with Gasteiger partial charge >= 0.3 is 0 Å². The number of nitrogens with one attached hydrogen (secondary N) is 1. The zero-order chi connectivity index (χ0) is 16.8. The van der Waals surface area contributed by atoms with Crippen LogP contribution >= 0.6 is 34.4 Å². The number of rotatable bonds is 7. The molecule has 0 aliphatic carbocycles. The van der Waals surface area contributed by atoms with E-state index in [0.717, 1.165) is 27.8 Å². The van der Waals surface area contributed by atoms with Crippen molar-refractivity contribution in [1.82, 2.24) is 10.3 Å². The number of hydrogen-bond acceptors (Lipinski definition) is 5. The molecule has 0 unspecified atom stereocenters. The van der Waals surface area contributed by atoms with Crippen molar-refractivity contribution in [2.24, 2.45) is 0 Å². The van der Waals surface area contributed by atoms with E-state index in [1.165, 1.54) is 16.9 Å². The van der Waals surface area contributed by atoms with Crippen LogP contribution in [0.4, 0.5) is 0 Å². The first-order chi connectivity index (χ1) is 11.7. The van der Waals surface area contributed by atoms with Crippen molar-refractivity contribution in [3.63, 3.8) is 0 Å². The van der Waals surface area contributed by atoms with Gasteiger partial charge in [-0.15, -0.1) is 11.3 Å². The highest BCUT2D eigenvalue weighted by Crippen LogP contribution is 2.27. The fourth-order valence-corrected chi connectivity index (χ4v) is 4.76. The molecule has 124 valence electrons. The summed E-state index contributed by atoms with van der Waals surface area (Å²) < 4.78 is 0. The highest BCUT2D eigenvalue weighted by Gasteiger charge is 2.15. The van der Waals surface area contributed by atoms with Gasteiger partial charge in [0.15, 0.2) is 0 Å². The van der Waals surface area contributed by atoms with E-state index in [1.807, 2.05) is 49.0 Å². The number of aryl methyl sites for hydroxylation is 1. The number of carbonyl (C=O) groups excluding carboxylic acids is 1. The third-order valence-electron chi connectivity index (χ3n) is 3.40. The first-order valence-corrected chi connectivity index (χ1v) is 10.6. The van der Waals surface area contributed by atoms with E-state index in [2.05, 4.69) is 27.1 Å². The second-order valence-corrected chi connectivity index (χ2v) is 8.12. The van der Waals surface area contributed by atoms with Crippen LogP contribution in [0.15, 0.2) is 47.2 Å². The molecule has 0 spiro atoms. The molecule has 2 aromatic heterocycles. The lowest BCUT2D eigenvalue weighted by Gasteiger charge is -2.03. The van der Waals surface area contributed by atoms with E-state index in [0.29, 0.717) is 11.4 Å². The minimum absolute atomic E-state index is 0.0247. The molecule has 3 rings (SSSR count). The molecule has 1 N–H and O–H groups in total. The summed E-state index contributed by atoms with van der Waals surface area (Å²) in [5.74, 6) is 1.88. The Kier molecular flexibility index (Phi) is 6.07. The Hall–Kier alpha value is -1.63. The summed E-state index contributed by atoms with van der Waals surface area (Å²) in [6.45, 7) is 2.56. The van der Waals surface area contributed by atoms with E-state index in [-0.39, 0.29) is 5.91 Å². The van der Waals surface area contributed by atoms with Gasteiger partial charge in [-0.05, 0) is 29.3 Å². The van der Waals surface area contributed by atoms with Gasteiger partial charge in [-0.25, -0.2) is 4.98 Å². The summed E-state index contributed by atoms with van der Waals surface area (Å²) in [6.07, 6.45) is 0. The molecule has 1 aromatic carbocycles. The van der Waals surface area contributed by atoms with Crippen molar-refractivity contribution < 1.29 is 4.79 Å². The van der Waals surface area contributed by atoms with Gasteiger partial charge in [0.2, 0.25) is 0 Å². The fraction of sp³-hybridized carbons (Fsp3) is 0.222. The lowest BCUT2D eigenvalue weighted by Crippen LogP contribution is -2.25. The van der Waals surface area contributed by atoms with Crippen LogP contribution in [0.25, 0.3) is 10.6 Å². The Labute approximate surface area is 154 Å². The average Bonchev–Trinajstić information content (AvgIpc) is 3.25. The topological polar surface area (TPSA) is 42.0 Å². The Morgan fingerprint density at radius 1 is 1.25 bits per heavy atom. The van der Waals surface area contributed by atoms with Crippen molar-refractivity contribution in [2.45, 2.75) is 12.7 Å². The van der Waals surface area contributed by atoms with Crippen LogP contribution in [0.5, 0.6) is 0 Å². The molecular weight excluding hydrogens is 356 g/mol. The summed E-state index contributed by atoms with van der Waals surface area (Å²) >= 11 is 5.01. The van der Waals surface area contributed by atoms with E-state index in [4.69, 9.17) is 0 Å². The number of hydrogen-bond donors (Lipinski definition) is 1. The molecule has 6 heteroatoms. The van der Waals surface area contributed by atoms with Crippen LogP contribution in [-0.4, -0.2) is 23.2 Å². The first kappa shape index (κ1) is 17.2. The summed E-state index contributed by atoms with van der Waals surface area (Å²) in [5, 5.41) is 8.15. The lowest BCUT2D eigenvalue weighted by atomic mass is 10.2. The van der Waals surface area contributed by atoms with Gasteiger partial charge in [-0.3, -0.25) is 4.79 Å². The molecule has 0 saturated carbocycles. The van der Waals surface area contributed by atoms with Crippen LogP contribution in [0.2, 0.25) is 0 Å². The first-order valence-electron chi connectivity index (χ1n) is 7.64. The average molecular weight is 375 g/mol. The zero-order valence-corrected chi connectivity index (χ0v) is 15.8. The predicted molar refractivity (Wildman–Crippen MR) is 105 cm³/mol. The third-order valence-corrected chi connectivity index (χ3v) is 6.37. The molecule has 0 bridgehead atoms. The third kappa shape index (κ3) is 4.47. The number of benzene rings is 1. The Morgan fingerprint density at radius 3 is 2.83 bits per heavy atom. The minimum Gasteiger partial charge on any atom is -0.350 e. The summed E-state index contributed by atoms with van der Waals surface area (Å²) in [4.78, 5) is 17.6. The van der Waals surface area contributed by atoms with Crippen molar-refractivity contribution >= 4 is 40.3 Å². The van der Waals surface area contributed by atoms with Crippen LogP contribution in [-0.2, 0) is 5.75 Å². The van der Waals surface area contributed by atoms with Crippen molar-refractivity contribution in [1.29, 1.82) is 0 Å². The number of thioether (sulfide) groups is 1. The molecule has 1 amide bonds. The maximum atomic E-state index is 12.4. The number of thiophene rings is 1. The maximum Gasteiger partial charge on any atom is 0.263 e. The highest BCUT2D eigenvalue weighted by atomic mass is 32.2. The van der Waals surface area contributed by atoms with Crippen LogP contribution in [0.3, 0.4) is 0 Å². The van der Waals surface area contributed by atoms with Crippen molar-refractivity contribution in [3.8, 4) is 10.6 Å². The second kappa shape index (κ2) is 8.46. The van der Waals surface area contributed by atoms with Gasteiger partial charge in [0, 0.05) is 23.6 Å². The number of amides is 1. The SMILES string of the molecule is Cc1nc(-c2ccccc2)sc1C(=O)NCCSCc1ccsc1. The zero-order valence-electron chi connectivity index (χ0n) is 13.3. The molecular formula is C18H18N2OS3. The Balaban J connectivity index is 1.51. The predicted octanol–water partition coefficient (Wildman–Crippen LogP) is 4.84. The van der Waals surface area contributed by atoms with Gasteiger partial charge < -0.3 is 5.32 Å². The molecule has 0 fully saturated rings. The highest BCUT2D eigenvalue weighted by molar-refractivity contribution is 7.98. The lowest BCUT2D eigenvalue weighted by molar-refractivity contribution is 0.0959. The standard InChI is InChI=1S/C18H18N2OS3/c1-13-16(24-18(20-13)15-5-3-2-4-6-15)17(21)19-8-10-23-12-14-7-9-22-11-14/h2-7,9,11H,8,10,12H2,1H3,(H,19,21). The molecule has 0 saturated heterocycles. The molecule has 0 aliphatic rings. The molecule has 2 heterocycles.